The van der Waals surface area contributed by atoms with Gasteiger partial charge in [-0.15, -0.1) is 11.8 Å². The first kappa shape index (κ1) is 33.2. The fourth-order valence-corrected chi connectivity index (χ4v) is 5.17. The van der Waals surface area contributed by atoms with E-state index in [1.54, 1.807) is 72.8 Å². The van der Waals surface area contributed by atoms with E-state index in [4.69, 9.17) is 4.74 Å². The molecule has 45 heavy (non-hydrogen) atoms. The molecule has 0 aliphatic heterocycles. The molecule has 0 atom stereocenters. The van der Waals surface area contributed by atoms with Crippen LogP contribution in [0.15, 0.2) is 118 Å². The average molecular weight is 687 g/mol. The van der Waals surface area contributed by atoms with Gasteiger partial charge >= 0.3 is 5.97 Å². The molecule has 8 nitrogen and oxygen atoms in total. The molecule has 230 valence electrons. The number of thioether (sulfide) groups is 1. The molecule has 0 aliphatic carbocycles. The summed E-state index contributed by atoms with van der Waals surface area (Å²) >= 11 is 4.74. The maximum absolute atomic E-state index is 13.4. The van der Waals surface area contributed by atoms with Gasteiger partial charge in [-0.2, -0.15) is 0 Å². The topological polar surface area (TPSA) is 114 Å². The van der Waals surface area contributed by atoms with Crippen LogP contribution in [0.5, 0.6) is 0 Å². The first-order chi connectivity index (χ1) is 21.8. The minimum absolute atomic E-state index is 0.0691. The Morgan fingerprint density at radius 2 is 1.56 bits per heavy atom. The standard InChI is InChI=1S/C35H32BrN3O5S/c1-2-3-19-44-35(43)26-15-17-28(18-16-26)37-32(40)23-45-30-14-8-13-29(22-30)38-34(42)31(21-24-9-7-12-27(36)20-24)39-33(41)25-10-5-4-6-11-25/h4-18,20-22H,2-3,19,23H2,1H3,(H,37,40)(H,38,42)(H,39,41)/b31-21+. The van der Waals surface area contributed by atoms with Gasteiger partial charge in [-0.25, -0.2) is 4.79 Å². The lowest BCUT2D eigenvalue weighted by atomic mass is 10.1. The quantitative estimate of drug-likeness (QED) is 0.0580. The van der Waals surface area contributed by atoms with Crippen molar-refractivity contribution in [2.75, 3.05) is 23.0 Å². The Balaban J connectivity index is 1.37. The van der Waals surface area contributed by atoms with Crippen LogP contribution in [-0.4, -0.2) is 36.1 Å². The highest BCUT2D eigenvalue weighted by Gasteiger charge is 2.16. The third kappa shape index (κ3) is 10.8. The summed E-state index contributed by atoms with van der Waals surface area (Å²) in [6, 6.07) is 29.6. The first-order valence-electron chi connectivity index (χ1n) is 14.3. The number of carbonyl (C=O) groups is 4. The number of benzene rings is 4. The summed E-state index contributed by atoms with van der Waals surface area (Å²) in [6.45, 7) is 2.40. The SMILES string of the molecule is CCCCOC(=O)c1ccc(NC(=O)CSc2cccc(NC(=O)/C(=C\c3cccc(Br)c3)NC(=O)c3ccccc3)c2)cc1. The number of unbranched alkanes of at least 4 members (excludes halogenated alkanes) is 1. The van der Waals surface area contributed by atoms with E-state index in [-0.39, 0.29) is 17.4 Å². The zero-order chi connectivity index (χ0) is 32.0. The minimum Gasteiger partial charge on any atom is -0.462 e. The minimum atomic E-state index is -0.503. The molecule has 0 aliphatic rings. The molecule has 0 aromatic heterocycles. The monoisotopic (exact) mass is 685 g/mol. The summed E-state index contributed by atoms with van der Waals surface area (Å²) in [5.74, 6) is -1.41. The number of hydrogen-bond acceptors (Lipinski definition) is 6. The van der Waals surface area contributed by atoms with Crippen LogP contribution in [0.4, 0.5) is 11.4 Å². The Morgan fingerprint density at radius 1 is 0.800 bits per heavy atom. The van der Waals surface area contributed by atoms with Crippen molar-refractivity contribution in [3.05, 3.63) is 130 Å². The van der Waals surface area contributed by atoms with E-state index in [1.165, 1.54) is 11.8 Å². The van der Waals surface area contributed by atoms with Crippen LogP contribution in [-0.2, 0) is 14.3 Å². The molecule has 0 saturated carbocycles. The van der Waals surface area contributed by atoms with Crippen LogP contribution in [0.25, 0.3) is 6.08 Å². The lowest BCUT2D eigenvalue weighted by Gasteiger charge is -2.12. The molecular formula is C35H32BrN3O5S. The Hall–Kier alpha value is -4.67. The van der Waals surface area contributed by atoms with Crippen molar-refractivity contribution >= 4 is 68.8 Å². The summed E-state index contributed by atoms with van der Waals surface area (Å²) in [5.41, 5.74) is 2.70. The number of carbonyl (C=O) groups excluding carboxylic acids is 4. The third-order valence-corrected chi connectivity index (χ3v) is 7.77. The Bertz CT molecular complexity index is 1680. The van der Waals surface area contributed by atoms with E-state index < -0.39 is 17.8 Å². The van der Waals surface area contributed by atoms with Crippen molar-refractivity contribution < 1.29 is 23.9 Å². The maximum Gasteiger partial charge on any atom is 0.338 e. The van der Waals surface area contributed by atoms with Gasteiger partial charge in [0.1, 0.15) is 5.70 Å². The van der Waals surface area contributed by atoms with Crippen LogP contribution in [0.1, 0.15) is 46.0 Å². The number of esters is 1. The second-order valence-corrected chi connectivity index (χ2v) is 11.8. The van der Waals surface area contributed by atoms with Gasteiger partial charge in [-0.1, -0.05) is 65.7 Å². The van der Waals surface area contributed by atoms with Crippen molar-refractivity contribution in [1.29, 1.82) is 0 Å². The van der Waals surface area contributed by atoms with E-state index in [1.807, 2.05) is 43.3 Å². The van der Waals surface area contributed by atoms with Crippen molar-refractivity contribution in [3.63, 3.8) is 0 Å². The molecule has 0 bridgehead atoms. The van der Waals surface area contributed by atoms with Gasteiger partial charge in [0.25, 0.3) is 11.8 Å². The highest BCUT2D eigenvalue weighted by molar-refractivity contribution is 9.10. The van der Waals surface area contributed by atoms with Crippen LogP contribution in [0, 0.1) is 0 Å². The Morgan fingerprint density at radius 3 is 2.29 bits per heavy atom. The largest absolute Gasteiger partial charge is 0.462 e. The summed E-state index contributed by atoms with van der Waals surface area (Å²) in [6.07, 6.45) is 3.35. The van der Waals surface area contributed by atoms with E-state index in [0.29, 0.717) is 29.1 Å². The molecular weight excluding hydrogens is 654 g/mol. The van der Waals surface area contributed by atoms with Gasteiger partial charge in [0.2, 0.25) is 5.91 Å². The highest BCUT2D eigenvalue weighted by atomic mass is 79.9. The maximum atomic E-state index is 13.4. The molecule has 4 aromatic carbocycles. The second kappa shape index (κ2) is 17.0. The molecule has 4 aromatic rings. The zero-order valence-electron chi connectivity index (χ0n) is 24.5. The van der Waals surface area contributed by atoms with Gasteiger partial charge in [0.05, 0.1) is 17.9 Å². The van der Waals surface area contributed by atoms with E-state index in [9.17, 15) is 19.2 Å². The molecule has 0 saturated heterocycles. The van der Waals surface area contributed by atoms with E-state index in [0.717, 1.165) is 27.8 Å². The first-order valence-corrected chi connectivity index (χ1v) is 16.0. The number of nitrogens with one attached hydrogen (secondary N) is 3. The molecule has 0 spiro atoms. The molecule has 10 heteroatoms. The summed E-state index contributed by atoms with van der Waals surface area (Å²) in [5, 5.41) is 8.40. The molecule has 3 N–H and O–H groups in total. The molecule has 3 amide bonds. The van der Waals surface area contributed by atoms with Crippen LogP contribution >= 0.6 is 27.7 Å². The third-order valence-electron chi connectivity index (χ3n) is 6.29. The highest BCUT2D eigenvalue weighted by Crippen LogP contribution is 2.23. The summed E-state index contributed by atoms with van der Waals surface area (Å²) in [4.78, 5) is 51.7. The Kier molecular flexibility index (Phi) is 12.5. The lowest BCUT2D eigenvalue weighted by molar-refractivity contribution is -0.114. The lowest BCUT2D eigenvalue weighted by Crippen LogP contribution is -2.30. The van der Waals surface area contributed by atoms with Crippen molar-refractivity contribution in [1.82, 2.24) is 5.32 Å². The smallest absolute Gasteiger partial charge is 0.338 e. The van der Waals surface area contributed by atoms with Gasteiger partial charge < -0.3 is 20.7 Å². The molecule has 0 fully saturated rings. The molecule has 4 rings (SSSR count). The van der Waals surface area contributed by atoms with Gasteiger partial charge in [0, 0.05) is 26.3 Å². The number of halogens is 1. The zero-order valence-corrected chi connectivity index (χ0v) is 27.0. The van der Waals surface area contributed by atoms with Crippen LogP contribution in [0.2, 0.25) is 0 Å². The average Bonchev–Trinajstić information content (AvgIpc) is 3.04. The number of rotatable bonds is 13. The predicted octanol–water partition coefficient (Wildman–Crippen LogP) is 7.55. The van der Waals surface area contributed by atoms with Crippen molar-refractivity contribution in [2.24, 2.45) is 0 Å². The van der Waals surface area contributed by atoms with E-state index in [2.05, 4.69) is 31.9 Å². The summed E-state index contributed by atoms with van der Waals surface area (Å²) in [7, 11) is 0. The number of anilines is 2. The molecule has 0 unspecified atom stereocenters. The fraction of sp³-hybridized carbons (Fsp3) is 0.143. The van der Waals surface area contributed by atoms with Crippen LogP contribution in [0.3, 0.4) is 0 Å². The van der Waals surface area contributed by atoms with Crippen molar-refractivity contribution in [3.8, 4) is 0 Å². The second-order valence-electron chi connectivity index (χ2n) is 9.82. The normalized spacial score (nSPS) is 10.9. The predicted molar refractivity (Wildman–Crippen MR) is 182 cm³/mol. The summed E-state index contributed by atoms with van der Waals surface area (Å²) < 4.78 is 6.04. The Labute approximate surface area is 274 Å². The van der Waals surface area contributed by atoms with Crippen LogP contribution < -0.4 is 16.0 Å². The molecule has 0 radical (unpaired) electrons. The number of hydrogen-bond donors (Lipinski definition) is 3. The van der Waals surface area contributed by atoms with Crippen molar-refractivity contribution in [2.45, 2.75) is 24.7 Å². The fourth-order valence-electron chi connectivity index (χ4n) is 4.00. The number of amides is 3. The molecule has 0 heterocycles. The number of ether oxygens (including phenoxy) is 1. The van der Waals surface area contributed by atoms with E-state index >= 15 is 0 Å². The van der Waals surface area contributed by atoms with Gasteiger partial charge in [0.15, 0.2) is 0 Å². The van der Waals surface area contributed by atoms with Gasteiger partial charge in [-0.3, -0.25) is 14.4 Å². The van der Waals surface area contributed by atoms with Gasteiger partial charge in [-0.05, 0) is 84.8 Å².